The van der Waals surface area contributed by atoms with Crippen molar-refractivity contribution in [2.45, 2.75) is 39.3 Å². The van der Waals surface area contributed by atoms with Crippen molar-refractivity contribution < 1.29 is 23.9 Å². The molecule has 1 rings (SSSR count). The molecule has 0 fully saturated rings. The molecule has 126 valence electrons. The maximum absolute atomic E-state index is 12.1. The van der Waals surface area contributed by atoms with E-state index in [4.69, 9.17) is 4.74 Å². The van der Waals surface area contributed by atoms with E-state index in [1.54, 1.807) is 39.0 Å². The quantitative estimate of drug-likeness (QED) is 0.830. The molecule has 0 aliphatic rings. The molecule has 2 N–H and O–H groups in total. The summed E-state index contributed by atoms with van der Waals surface area (Å²) in [5, 5.41) is 5.01. The maximum Gasteiger partial charge on any atom is 0.408 e. The number of ether oxygens (including phenoxy) is 2. The molecule has 1 aromatic rings. The SMILES string of the molecule is COC(=O)c1ccccc1NC(=O)[C@@H](C)NC(=O)OC(C)(C)C. The van der Waals surface area contributed by atoms with Crippen molar-refractivity contribution in [3.05, 3.63) is 29.8 Å². The van der Waals surface area contributed by atoms with E-state index < -0.39 is 29.6 Å². The Morgan fingerprint density at radius 1 is 1.13 bits per heavy atom. The number of anilines is 1. The normalized spacial score (nSPS) is 12.0. The molecule has 0 saturated heterocycles. The van der Waals surface area contributed by atoms with E-state index in [9.17, 15) is 14.4 Å². The molecule has 7 nitrogen and oxygen atoms in total. The largest absolute Gasteiger partial charge is 0.465 e. The lowest BCUT2D eigenvalue weighted by Gasteiger charge is -2.21. The van der Waals surface area contributed by atoms with E-state index in [0.717, 1.165) is 0 Å². The number of carbonyl (C=O) groups is 3. The van der Waals surface area contributed by atoms with Crippen LogP contribution in [0.3, 0.4) is 0 Å². The third kappa shape index (κ3) is 5.98. The molecule has 0 aliphatic carbocycles. The summed E-state index contributed by atoms with van der Waals surface area (Å²) >= 11 is 0. The van der Waals surface area contributed by atoms with Gasteiger partial charge in [-0.1, -0.05) is 12.1 Å². The first-order chi connectivity index (χ1) is 10.6. The second-order valence-electron chi connectivity index (χ2n) is 5.89. The van der Waals surface area contributed by atoms with Gasteiger partial charge in [0.2, 0.25) is 5.91 Å². The summed E-state index contributed by atoms with van der Waals surface area (Å²) in [7, 11) is 1.26. The summed E-state index contributed by atoms with van der Waals surface area (Å²) in [5.74, 6) is -1.04. The molecule has 7 heteroatoms. The lowest BCUT2D eigenvalue weighted by molar-refractivity contribution is -0.117. The van der Waals surface area contributed by atoms with Crippen molar-refractivity contribution in [1.29, 1.82) is 0 Å². The standard InChI is InChI=1S/C16H22N2O5/c1-10(17-15(21)23-16(2,3)4)13(19)18-12-9-7-6-8-11(12)14(20)22-5/h6-10H,1-5H3,(H,17,21)(H,18,19)/t10-/m1/s1. The molecule has 0 aliphatic heterocycles. The Bertz CT molecular complexity index is 592. The molecule has 0 heterocycles. The predicted molar refractivity (Wildman–Crippen MR) is 85.2 cm³/mol. The van der Waals surface area contributed by atoms with Gasteiger partial charge >= 0.3 is 12.1 Å². The van der Waals surface area contributed by atoms with Crippen LogP contribution in [0.2, 0.25) is 0 Å². The number of hydrogen-bond acceptors (Lipinski definition) is 5. The monoisotopic (exact) mass is 322 g/mol. The van der Waals surface area contributed by atoms with Crippen molar-refractivity contribution in [2.24, 2.45) is 0 Å². The van der Waals surface area contributed by atoms with Gasteiger partial charge in [-0.2, -0.15) is 0 Å². The summed E-state index contributed by atoms with van der Waals surface area (Å²) < 4.78 is 9.74. The molecule has 0 aromatic heterocycles. The lowest BCUT2D eigenvalue weighted by Crippen LogP contribution is -2.44. The Morgan fingerprint density at radius 3 is 2.30 bits per heavy atom. The van der Waals surface area contributed by atoms with Gasteiger partial charge in [0, 0.05) is 0 Å². The second kappa shape index (κ2) is 7.62. The van der Waals surface area contributed by atoms with Crippen molar-refractivity contribution in [3.8, 4) is 0 Å². The van der Waals surface area contributed by atoms with Crippen LogP contribution in [0.4, 0.5) is 10.5 Å². The fourth-order valence-electron chi connectivity index (χ4n) is 1.67. The highest BCUT2D eigenvalue weighted by molar-refractivity contribution is 6.03. The van der Waals surface area contributed by atoms with E-state index in [-0.39, 0.29) is 5.56 Å². The maximum atomic E-state index is 12.1. The van der Waals surface area contributed by atoms with E-state index >= 15 is 0 Å². The number of benzene rings is 1. The first-order valence-corrected chi connectivity index (χ1v) is 7.12. The number of amides is 2. The van der Waals surface area contributed by atoms with Gasteiger partial charge in [0.1, 0.15) is 11.6 Å². The van der Waals surface area contributed by atoms with E-state index in [1.807, 2.05) is 0 Å². The van der Waals surface area contributed by atoms with Crippen LogP contribution in [0, 0.1) is 0 Å². The fourth-order valence-corrected chi connectivity index (χ4v) is 1.67. The van der Waals surface area contributed by atoms with Crippen molar-refractivity contribution >= 4 is 23.7 Å². The van der Waals surface area contributed by atoms with Crippen LogP contribution in [0.25, 0.3) is 0 Å². The average Bonchev–Trinajstić information content (AvgIpc) is 2.44. The van der Waals surface area contributed by atoms with Gasteiger partial charge in [0.05, 0.1) is 18.4 Å². The van der Waals surface area contributed by atoms with Crippen LogP contribution in [0.15, 0.2) is 24.3 Å². The number of nitrogens with one attached hydrogen (secondary N) is 2. The molecule has 0 saturated carbocycles. The fraction of sp³-hybridized carbons (Fsp3) is 0.438. The van der Waals surface area contributed by atoms with Crippen LogP contribution in [0.1, 0.15) is 38.1 Å². The van der Waals surface area contributed by atoms with E-state index in [0.29, 0.717) is 5.69 Å². The molecule has 1 aromatic carbocycles. The highest BCUT2D eigenvalue weighted by Gasteiger charge is 2.22. The number of esters is 1. The van der Waals surface area contributed by atoms with Gasteiger partial charge in [-0.05, 0) is 39.8 Å². The minimum atomic E-state index is -0.837. The zero-order chi connectivity index (χ0) is 17.6. The zero-order valence-electron chi connectivity index (χ0n) is 13.9. The van der Waals surface area contributed by atoms with Crippen LogP contribution in [-0.2, 0) is 14.3 Å². The number of rotatable bonds is 4. The Balaban J connectivity index is 2.73. The smallest absolute Gasteiger partial charge is 0.408 e. The number of carbonyl (C=O) groups excluding carboxylic acids is 3. The first kappa shape index (κ1) is 18.5. The topological polar surface area (TPSA) is 93.7 Å². The first-order valence-electron chi connectivity index (χ1n) is 7.12. The average molecular weight is 322 g/mol. The molecule has 0 spiro atoms. The molecular weight excluding hydrogens is 300 g/mol. The molecule has 1 atom stereocenters. The van der Waals surface area contributed by atoms with Crippen molar-refractivity contribution in [2.75, 3.05) is 12.4 Å². The van der Waals surface area contributed by atoms with Gasteiger partial charge in [-0.25, -0.2) is 9.59 Å². The van der Waals surface area contributed by atoms with Gasteiger partial charge < -0.3 is 20.1 Å². The minimum absolute atomic E-state index is 0.229. The molecule has 23 heavy (non-hydrogen) atoms. The molecular formula is C16H22N2O5. The van der Waals surface area contributed by atoms with Crippen molar-refractivity contribution in [3.63, 3.8) is 0 Å². The van der Waals surface area contributed by atoms with E-state index in [1.165, 1.54) is 20.1 Å². The van der Waals surface area contributed by atoms with Crippen molar-refractivity contribution in [1.82, 2.24) is 5.32 Å². The summed E-state index contributed by atoms with van der Waals surface area (Å²) in [5.41, 5.74) is -0.118. The highest BCUT2D eigenvalue weighted by Crippen LogP contribution is 2.16. The summed E-state index contributed by atoms with van der Waals surface area (Å²) in [4.78, 5) is 35.5. The van der Waals surface area contributed by atoms with Gasteiger partial charge in [-0.3, -0.25) is 4.79 Å². The van der Waals surface area contributed by atoms with Gasteiger partial charge in [0.15, 0.2) is 0 Å². The Labute approximate surface area is 135 Å². The summed E-state index contributed by atoms with van der Waals surface area (Å²) in [6.07, 6.45) is -0.693. The Hall–Kier alpha value is -2.57. The number of para-hydroxylation sites is 1. The van der Waals surface area contributed by atoms with Gasteiger partial charge in [0.25, 0.3) is 0 Å². The molecule has 2 amide bonds. The zero-order valence-corrected chi connectivity index (χ0v) is 13.9. The van der Waals surface area contributed by atoms with E-state index in [2.05, 4.69) is 15.4 Å². The predicted octanol–water partition coefficient (Wildman–Crippen LogP) is 2.32. The number of alkyl carbamates (subject to hydrolysis) is 1. The van der Waals surface area contributed by atoms with Crippen LogP contribution in [0.5, 0.6) is 0 Å². The van der Waals surface area contributed by atoms with Gasteiger partial charge in [-0.15, -0.1) is 0 Å². The molecule has 0 bridgehead atoms. The highest BCUT2D eigenvalue weighted by atomic mass is 16.6. The third-order valence-electron chi connectivity index (χ3n) is 2.72. The van der Waals surface area contributed by atoms with Crippen LogP contribution < -0.4 is 10.6 Å². The minimum Gasteiger partial charge on any atom is -0.465 e. The van der Waals surface area contributed by atoms with Crippen LogP contribution in [-0.4, -0.2) is 36.7 Å². The lowest BCUT2D eigenvalue weighted by atomic mass is 10.1. The Morgan fingerprint density at radius 2 is 1.74 bits per heavy atom. The summed E-state index contributed by atoms with van der Waals surface area (Å²) in [6, 6.07) is 5.60. The molecule has 0 radical (unpaired) electrons. The number of methoxy groups -OCH3 is 1. The second-order valence-corrected chi connectivity index (χ2v) is 5.89. The number of hydrogen-bond donors (Lipinski definition) is 2. The summed E-state index contributed by atoms with van der Waals surface area (Å²) in [6.45, 7) is 6.69. The molecule has 0 unspecified atom stereocenters. The van der Waals surface area contributed by atoms with Crippen LogP contribution >= 0.6 is 0 Å². The third-order valence-corrected chi connectivity index (χ3v) is 2.72. The Kier molecular flexibility index (Phi) is 6.12.